The van der Waals surface area contributed by atoms with Crippen LogP contribution in [0.5, 0.6) is 0 Å². The fourth-order valence-electron chi connectivity index (χ4n) is 16.8. The number of hydrogen-bond donors (Lipinski definition) is 0. The van der Waals surface area contributed by atoms with Crippen LogP contribution in [0.15, 0.2) is 413 Å². The number of para-hydroxylation sites is 4. The average molecular weight is 2550 g/mol. The normalized spacial score (nSPS) is 12.3. The molecule has 20 heteroatoms. The van der Waals surface area contributed by atoms with Gasteiger partial charge in [0, 0.05) is 71.6 Å². The maximum atomic E-state index is 8.24. The Bertz CT molecular complexity index is 8320. The molecule has 12 nitrogen and oxygen atoms in total. The SMILES string of the molecule is [2H]c1ccc(P(C)c2[c-]c(-c3[c-]c4c(cc3)c3ccccc3n4-c3ccccn3)ccc2)nc1.[2H]c1cccc(P(C)c2[c-]c(-c3[c-]c4c(cc3)c3ccccc3n4-c3ccccn3)ccc2)n1.[2H]c1cccnc1P(C)c1[c-]c(-c2[c-]c3c(cc2)c2ccccc2n3-c2ccccn2)ccc1.[2H]c1ccnc(P(C)c2[c-]c(-c3[c-]c4c(cc3)c3ccccc3n4-c3ccccn3)ccc2)c1.[Pt+2].[Pt+2].[Pt+2].[Pt+2]. The molecular weight excluding hydrogens is 2470 g/mol. The predicted octanol–water partition coefficient (Wildman–Crippen LogP) is 23.6. The summed E-state index contributed by atoms with van der Waals surface area (Å²) < 4.78 is 40.4. The third-order valence-corrected chi connectivity index (χ3v) is 30.9. The van der Waals surface area contributed by atoms with Gasteiger partial charge in [0.15, 0.2) is 0 Å². The number of nitrogens with zero attached hydrogens (tertiary/aromatic N) is 12. The summed E-state index contributed by atoms with van der Waals surface area (Å²) in [5.41, 5.74) is 20.0. The minimum atomic E-state index is -0.775. The van der Waals surface area contributed by atoms with E-state index in [1.165, 1.54) is 21.5 Å². The van der Waals surface area contributed by atoms with Crippen LogP contribution in [0.25, 0.3) is 155 Å². The maximum absolute atomic E-state index is 8.24. The standard InChI is InChI=1S/4C29H20N3P.4Pt/c4*1-33(29-14-5-7-18-31-29)23-10-8-9-21(19-23)22-15-16-25-24-11-2-3-12-26(24)32(27(25)20-22)28-13-4-6-17-30-28;;;;/h4*2-18H,1H3;;;;/q4*-2;4*+2/i18D;14D;7D;5D;;;;. The van der Waals surface area contributed by atoms with E-state index in [1.54, 1.807) is 48.9 Å². The van der Waals surface area contributed by atoms with Gasteiger partial charge in [0.25, 0.3) is 0 Å². The van der Waals surface area contributed by atoms with Gasteiger partial charge in [-0.1, -0.05) is 143 Å². The van der Waals surface area contributed by atoms with E-state index in [4.69, 9.17) is 5.48 Å². The summed E-state index contributed by atoms with van der Waals surface area (Å²) in [5.74, 6) is 3.49. The summed E-state index contributed by atoms with van der Waals surface area (Å²) in [6.45, 7) is 8.65. The fraction of sp³-hybridized carbons (Fsp3) is 0.0345. The molecule has 0 aliphatic heterocycles. The van der Waals surface area contributed by atoms with Gasteiger partial charge in [0.2, 0.25) is 0 Å². The molecular formula is C116H80N12P4Pt4. The number of fused-ring (bicyclic) bond motifs is 12. The van der Waals surface area contributed by atoms with Crippen LogP contribution in [0.2, 0.25) is 0 Å². The molecule has 0 bridgehead atoms. The van der Waals surface area contributed by atoms with Gasteiger partial charge in [-0.2, -0.15) is 121 Å². The topological polar surface area (TPSA) is 123 Å². The van der Waals surface area contributed by atoms with Crippen LogP contribution >= 0.6 is 31.7 Å². The number of pyridine rings is 8. The van der Waals surface area contributed by atoms with Crippen LogP contribution in [0.3, 0.4) is 0 Å². The fourth-order valence-corrected chi connectivity index (χ4v) is 22.3. The Morgan fingerprint density at radius 3 is 0.809 bits per heavy atom. The summed E-state index contributed by atoms with van der Waals surface area (Å²) in [5, 5.41) is 13.7. The largest absolute Gasteiger partial charge is 2.00 e. The van der Waals surface area contributed by atoms with Crippen molar-refractivity contribution in [2.24, 2.45) is 0 Å². The van der Waals surface area contributed by atoms with Crippen molar-refractivity contribution in [1.82, 2.24) is 58.1 Å². The number of rotatable bonds is 16. The summed E-state index contributed by atoms with van der Waals surface area (Å²) in [7, 11) is -2.84. The van der Waals surface area contributed by atoms with Gasteiger partial charge in [-0.3, -0.25) is 19.9 Å². The molecule has 0 saturated heterocycles. The Balaban J connectivity index is 0.000000128. The second-order valence-corrected chi connectivity index (χ2v) is 39.4. The molecule has 0 fully saturated rings. The first kappa shape index (κ1) is 90.0. The molecule has 12 aromatic heterocycles. The van der Waals surface area contributed by atoms with Crippen LogP contribution in [0.4, 0.5) is 0 Å². The van der Waals surface area contributed by atoms with Crippen molar-refractivity contribution in [1.29, 1.82) is 0 Å². The second kappa shape index (κ2) is 43.7. The number of benzene rings is 12. The van der Waals surface area contributed by atoms with E-state index in [0.29, 0.717) is 24.3 Å². The van der Waals surface area contributed by atoms with E-state index in [-0.39, 0.29) is 84.3 Å². The first-order valence-corrected chi connectivity index (χ1v) is 50.2. The second-order valence-electron chi connectivity index (χ2n) is 31.2. The van der Waals surface area contributed by atoms with Gasteiger partial charge in [-0.05, 0) is 223 Å². The van der Waals surface area contributed by atoms with Crippen molar-refractivity contribution >= 4 is 162 Å². The smallest absolute Gasteiger partial charge is 0.314 e. The third kappa shape index (κ3) is 19.7. The molecule has 0 aliphatic carbocycles. The molecule has 0 radical (unpaired) electrons. The van der Waals surface area contributed by atoms with E-state index in [2.05, 4.69) is 352 Å². The zero-order chi connectivity index (χ0) is 92.3. The molecule has 0 saturated carbocycles. The van der Waals surface area contributed by atoms with Crippen LogP contribution in [-0.4, -0.2) is 84.8 Å². The van der Waals surface area contributed by atoms with Crippen molar-refractivity contribution in [2.75, 3.05) is 26.7 Å². The van der Waals surface area contributed by atoms with Crippen LogP contribution in [0, 0.1) is 48.5 Å². The van der Waals surface area contributed by atoms with E-state index in [0.717, 1.165) is 176 Å². The molecule has 24 aromatic rings. The molecule has 4 unspecified atom stereocenters. The Morgan fingerprint density at radius 2 is 0.485 bits per heavy atom. The van der Waals surface area contributed by atoms with Gasteiger partial charge in [0.05, 0.1) is 27.2 Å². The molecule has 0 aliphatic rings. The molecule has 0 N–H and O–H groups in total. The molecule has 12 heterocycles. The zero-order valence-electron chi connectivity index (χ0n) is 77.4. The van der Waals surface area contributed by atoms with E-state index >= 15 is 0 Å². The predicted molar refractivity (Wildman–Crippen MR) is 552 cm³/mol. The first-order valence-electron chi connectivity index (χ1n) is 45.0. The summed E-state index contributed by atoms with van der Waals surface area (Å²) in [6, 6.07) is 147. The van der Waals surface area contributed by atoms with Crippen molar-refractivity contribution in [3.8, 4) is 67.8 Å². The van der Waals surface area contributed by atoms with Gasteiger partial charge >= 0.3 is 84.3 Å². The van der Waals surface area contributed by atoms with Crippen LogP contribution < -0.4 is 43.0 Å². The monoisotopic (exact) mass is 2550 g/mol. The summed E-state index contributed by atoms with van der Waals surface area (Å²) in [6.07, 6.45) is 12.6. The van der Waals surface area contributed by atoms with Gasteiger partial charge in [0.1, 0.15) is 23.3 Å². The minimum absolute atomic E-state index is 0. The molecule has 12 aromatic carbocycles. The number of aromatic nitrogens is 12. The minimum Gasteiger partial charge on any atom is -0.314 e. The van der Waals surface area contributed by atoms with Crippen LogP contribution in [0.1, 0.15) is 5.48 Å². The summed E-state index contributed by atoms with van der Waals surface area (Å²) >= 11 is 0. The molecule has 0 amide bonds. The average Bonchev–Trinajstić information content (AvgIpc) is 1.60. The molecule has 136 heavy (non-hydrogen) atoms. The van der Waals surface area contributed by atoms with Crippen LogP contribution in [-0.2, 0) is 84.3 Å². The maximum Gasteiger partial charge on any atom is 2.00 e. The summed E-state index contributed by atoms with van der Waals surface area (Å²) in [4.78, 5) is 36.3. The van der Waals surface area contributed by atoms with Crippen molar-refractivity contribution in [2.45, 2.75) is 0 Å². The Morgan fingerprint density at radius 1 is 0.206 bits per heavy atom. The molecule has 0 spiro atoms. The Labute approximate surface area is 858 Å². The van der Waals surface area contributed by atoms with Gasteiger partial charge in [-0.15, -0.1) is 69.7 Å². The van der Waals surface area contributed by atoms with E-state index in [1.807, 2.05) is 122 Å². The molecule has 664 valence electrons. The third-order valence-electron chi connectivity index (χ3n) is 23.3. The van der Waals surface area contributed by atoms with Crippen molar-refractivity contribution in [3.63, 3.8) is 0 Å². The zero-order valence-corrected chi connectivity index (χ0v) is 86.0. The van der Waals surface area contributed by atoms with Gasteiger partial charge < -0.3 is 18.3 Å². The van der Waals surface area contributed by atoms with Crippen molar-refractivity contribution < 1.29 is 89.7 Å². The Hall–Kier alpha value is -12.5. The first-order chi connectivity index (χ1) is 66.8. The quantitative estimate of drug-likeness (QED) is 0.0692. The number of hydrogen-bond acceptors (Lipinski definition) is 8. The molecule has 4 atom stereocenters. The van der Waals surface area contributed by atoms with Crippen molar-refractivity contribution in [3.05, 3.63) is 462 Å². The van der Waals surface area contributed by atoms with E-state index in [9.17, 15) is 0 Å². The van der Waals surface area contributed by atoms with E-state index < -0.39 is 31.7 Å². The molecule has 24 rings (SSSR count). The Kier molecular flexibility index (Phi) is 28.9. The van der Waals surface area contributed by atoms with Gasteiger partial charge in [-0.25, -0.2) is 64.4 Å².